The Balaban J connectivity index is 2.31. The van der Waals surface area contributed by atoms with Gasteiger partial charge >= 0.3 is 0 Å². The van der Waals surface area contributed by atoms with Gasteiger partial charge in [-0.25, -0.2) is 0 Å². The number of hydrogen-bond donors (Lipinski definition) is 2. The van der Waals surface area contributed by atoms with Crippen LogP contribution in [0.5, 0.6) is 5.75 Å². The predicted octanol–water partition coefficient (Wildman–Crippen LogP) is 2.40. The number of aromatic hydroxyl groups is 1. The van der Waals surface area contributed by atoms with Crippen molar-refractivity contribution >= 4 is 29.1 Å². The zero-order valence-electron chi connectivity index (χ0n) is 10.4. The first-order chi connectivity index (χ1) is 8.95. The van der Waals surface area contributed by atoms with Crippen LogP contribution in [0.25, 0.3) is 0 Å². The molecule has 0 saturated carbocycles. The van der Waals surface area contributed by atoms with Crippen LogP contribution in [0.4, 0.5) is 0 Å². The fourth-order valence-corrected chi connectivity index (χ4v) is 2.87. The molecule has 6 heteroatoms. The molecular weight excluding hydrogens is 289 g/mol. The van der Waals surface area contributed by atoms with Gasteiger partial charge in [0, 0.05) is 24.4 Å². The van der Waals surface area contributed by atoms with E-state index >= 15 is 0 Å². The number of aliphatic hydroxyl groups is 1. The number of phenols is 1. The second-order valence-corrected chi connectivity index (χ2v) is 5.56. The molecule has 0 spiro atoms. The minimum Gasteiger partial charge on any atom is -0.508 e. The third-order valence-electron chi connectivity index (χ3n) is 3.47. The van der Waals surface area contributed by atoms with E-state index < -0.39 is 0 Å². The van der Waals surface area contributed by atoms with Gasteiger partial charge < -0.3 is 15.1 Å². The third kappa shape index (κ3) is 2.66. The van der Waals surface area contributed by atoms with Crippen LogP contribution in [0.1, 0.15) is 24.8 Å². The van der Waals surface area contributed by atoms with E-state index in [0.29, 0.717) is 17.1 Å². The first-order valence-corrected chi connectivity index (χ1v) is 6.78. The standard InChI is InChI=1S/C13H15Cl2NO3/c1-7(6-17)16-5-8(4-11(16)19)12-10(18)3-2-9(14)13(12)15/h2-3,7-8,17-18H,4-6H2,1H3/t7?,8-/m1/s1. The highest BCUT2D eigenvalue weighted by Gasteiger charge is 2.35. The van der Waals surface area contributed by atoms with Crippen LogP contribution in [0.2, 0.25) is 10.0 Å². The minimum absolute atomic E-state index is 0.0469. The van der Waals surface area contributed by atoms with Crippen molar-refractivity contribution in [1.82, 2.24) is 4.90 Å². The quantitative estimate of drug-likeness (QED) is 0.901. The molecule has 1 aliphatic heterocycles. The van der Waals surface area contributed by atoms with Gasteiger partial charge in [0.05, 0.1) is 22.7 Å². The highest BCUT2D eigenvalue weighted by atomic mass is 35.5. The van der Waals surface area contributed by atoms with E-state index in [-0.39, 0.29) is 41.7 Å². The number of carbonyl (C=O) groups is 1. The average molecular weight is 304 g/mol. The number of halogens is 2. The molecule has 1 amide bonds. The van der Waals surface area contributed by atoms with Gasteiger partial charge in [-0.2, -0.15) is 0 Å². The van der Waals surface area contributed by atoms with Crippen LogP contribution >= 0.6 is 23.2 Å². The van der Waals surface area contributed by atoms with Crippen molar-refractivity contribution in [2.75, 3.05) is 13.2 Å². The van der Waals surface area contributed by atoms with Crippen LogP contribution in [0.3, 0.4) is 0 Å². The molecule has 1 fully saturated rings. The fraction of sp³-hybridized carbons (Fsp3) is 0.462. The maximum absolute atomic E-state index is 11.9. The molecule has 0 radical (unpaired) electrons. The summed E-state index contributed by atoms with van der Waals surface area (Å²) in [5, 5.41) is 19.7. The Hall–Kier alpha value is -0.970. The SMILES string of the molecule is CC(CO)N1C[C@H](c2c(O)ccc(Cl)c2Cl)CC1=O. The van der Waals surface area contributed by atoms with E-state index in [9.17, 15) is 9.90 Å². The van der Waals surface area contributed by atoms with E-state index in [0.717, 1.165) is 0 Å². The number of likely N-dealkylation sites (tertiary alicyclic amines) is 1. The molecule has 1 heterocycles. The second kappa shape index (κ2) is 5.57. The molecule has 1 saturated heterocycles. The van der Waals surface area contributed by atoms with Crippen LogP contribution in [-0.4, -0.2) is 40.2 Å². The van der Waals surface area contributed by atoms with Gasteiger partial charge in [-0.1, -0.05) is 23.2 Å². The number of amides is 1. The fourth-order valence-electron chi connectivity index (χ4n) is 2.39. The summed E-state index contributed by atoms with van der Waals surface area (Å²) in [5.41, 5.74) is 0.509. The molecule has 4 nitrogen and oxygen atoms in total. The number of rotatable bonds is 3. The summed E-state index contributed by atoms with van der Waals surface area (Å²) in [6, 6.07) is 2.76. The summed E-state index contributed by atoms with van der Waals surface area (Å²) in [6.45, 7) is 2.11. The molecule has 0 aliphatic carbocycles. The first-order valence-electron chi connectivity index (χ1n) is 6.02. The summed E-state index contributed by atoms with van der Waals surface area (Å²) in [4.78, 5) is 13.5. The van der Waals surface area contributed by atoms with Gasteiger partial charge in [0.15, 0.2) is 0 Å². The number of nitrogens with zero attached hydrogens (tertiary/aromatic N) is 1. The maximum Gasteiger partial charge on any atom is 0.223 e. The van der Waals surface area contributed by atoms with Crippen molar-refractivity contribution in [1.29, 1.82) is 0 Å². The van der Waals surface area contributed by atoms with E-state index in [1.165, 1.54) is 12.1 Å². The molecule has 1 aromatic rings. The van der Waals surface area contributed by atoms with Crippen molar-refractivity contribution in [3.8, 4) is 5.75 Å². The molecular formula is C13H15Cl2NO3. The number of benzene rings is 1. The summed E-state index contributed by atoms with van der Waals surface area (Å²) < 4.78 is 0. The van der Waals surface area contributed by atoms with Crippen molar-refractivity contribution in [3.63, 3.8) is 0 Å². The Morgan fingerprint density at radius 3 is 2.79 bits per heavy atom. The van der Waals surface area contributed by atoms with E-state index in [1.807, 2.05) is 0 Å². The summed E-state index contributed by atoms with van der Waals surface area (Å²) >= 11 is 12.1. The topological polar surface area (TPSA) is 60.8 Å². The van der Waals surface area contributed by atoms with Gasteiger partial charge in [0.1, 0.15) is 5.75 Å². The summed E-state index contributed by atoms with van der Waals surface area (Å²) in [6.07, 6.45) is 0.262. The Kier molecular flexibility index (Phi) is 4.23. The van der Waals surface area contributed by atoms with Crippen molar-refractivity contribution in [3.05, 3.63) is 27.7 Å². The second-order valence-electron chi connectivity index (χ2n) is 4.77. The predicted molar refractivity (Wildman–Crippen MR) is 73.7 cm³/mol. The Labute approximate surface area is 121 Å². The molecule has 1 aromatic carbocycles. The normalized spacial score (nSPS) is 20.9. The largest absolute Gasteiger partial charge is 0.508 e. The van der Waals surface area contributed by atoms with Gasteiger partial charge in [0.2, 0.25) is 5.91 Å². The van der Waals surface area contributed by atoms with Crippen LogP contribution in [0, 0.1) is 0 Å². The lowest BCUT2D eigenvalue weighted by molar-refractivity contribution is -0.130. The van der Waals surface area contributed by atoms with Crippen LogP contribution in [-0.2, 0) is 4.79 Å². The molecule has 2 N–H and O–H groups in total. The molecule has 0 bridgehead atoms. The monoisotopic (exact) mass is 303 g/mol. The number of phenolic OH excluding ortho intramolecular Hbond substituents is 1. The van der Waals surface area contributed by atoms with Crippen molar-refractivity contribution in [2.24, 2.45) is 0 Å². The Morgan fingerprint density at radius 1 is 1.47 bits per heavy atom. The minimum atomic E-state index is -0.238. The lowest BCUT2D eigenvalue weighted by atomic mass is 9.97. The van der Waals surface area contributed by atoms with Gasteiger partial charge in [-0.15, -0.1) is 0 Å². The Bertz CT molecular complexity index is 507. The molecule has 0 aromatic heterocycles. The van der Waals surface area contributed by atoms with Gasteiger partial charge in [-0.05, 0) is 19.1 Å². The smallest absolute Gasteiger partial charge is 0.223 e. The molecule has 1 aliphatic rings. The maximum atomic E-state index is 11.9. The van der Waals surface area contributed by atoms with Crippen molar-refractivity contribution in [2.45, 2.75) is 25.3 Å². The van der Waals surface area contributed by atoms with Crippen LogP contribution in [0.15, 0.2) is 12.1 Å². The zero-order chi connectivity index (χ0) is 14.2. The van der Waals surface area contributed by atoms with E-state index in [4.69, 9.17) is 28.3 Å². The Morgan fingerprint density at radius 2 is 2.16 bits per heavy atom. The average Bonchev–Trinajstić information content (AvgIpc) is 2.75. The highest BCUT2D eigenvalue weighted by Crippen LogP contribution is 2.41. The number of hydrogen-bond acceptors (Lipinski definition) is 3. The molecule has 2 atom stereocenters. The van der Waals surface area contributed by atoms with Gasteiger partial charge in [-0.3, -0.25) is 4.79 Å². The number of aliphatic hydroxyl groups excluding tert-OH is 1. The molecule has 1 unspecified atom stereocenters. The van der Waals surface area contributed by atoms with Crippen LogP contribution < -0.4 is 0 Å². The zero-order valence-corrected chi connectivity index (χ0v) is 11.9. The molecule has 104 valence electrons. The van der Waals surface area contributed by atoms with Crippen molar-refractivity contribution < 1.29 is 15.0 Å². The lowest BCUT2D eigenvalue weighted by Gasteiger charge is -2.23. The molecule has 19 heavy (non-hydrogen) atoms. The van der Waals surface area contributed by atoms with Gasteiger partial charge in [0.25, 0.3) is 0 Å². The van der Waals surface area contributed by atoms with E-state index in [1.54, 1.807) is 11.8 Å². The lowest BCUT2D eigenvalue weighted by Crippen LogP contribution is -2.36. The third-order valence-corrected chi connectivity index (χ3v) is 4.29. The summed E-state index contributed by atoms with van der Waals surface area (Å²) in [7, 11) is 0. The summed E-state index contributed by atoms with van der Waals surface area (Å²) in [5.74, 6) is -0.208. The number of carbonyl (C=O) groups excluding carboxylic acids is 1. The first kappa shape index (κ1) is 14.4. The van der Waals surface area contributed by atoms with E-state index in [2.05, 4.69) is 0 Å². The highest BCUT2D eigenvalue weighted by molar-refractivity contribution is 6.42. The molecule has 2 rings (SSSR count).